The van der Waals surface area contributed by atoms with Crippen molar-refractivity contribution >= 4 is 17.8 Å². The van der Waals surface area contributed by atoms with Crippen LogP contribution in [-0.4, -0.2) is 53.7 Å². The van der Waals surface area contributed by atoms with Gasteiger partial charge in [-0.3, -0.25) is 14.6 Å². The van der Waals surface area contributed by atoms with Gasteiger partial charge in [-0.15, -0.1) is 0 Å². The molecule has 2 aromatic rings. The summed E-state index contributed by atoms with van der Waals surface area (Å²) in [5, 5.41) is 15.8. The van der Waals surface area contributed by atoms with Gasteiger partial charge in [0, 0.05) is 13.0 Å². The fourth-order valence-corrected chi connectivity index (χ4v) is 3.54. The molecule has 2 aromatic carbocycles. The lowest BCUT2D eigenvalue weighted by Crippen LogP contribution is -2.55. The molecule has 0 spiro atoms. The summed E-state index contributed by atoms with van der Waals surface area (Å²) in [4.78, 5) is 29.9. The number of hydrogen-bond acceptors (Lipinski definition) is 5. The number of aliphatic hydroxyl groups is 1. The second kappa shape index (κ2) is 14.0. The third-order valence-electron chi connectivity index (χ3n) is 5.43. The summed E-state index contributed by atoms with van der Waals surface area (Å²) in [5.41, 5.74) is 18.6. The zero-order chi connectivity index (χ0) is 24.9. The van der Waals surface area contributed by atoms with Crippen molar-refractivity contribution in [2.75, 3.05) is 6.54 Å². The Morgan fingerprint density at radius 3 is 2.00 bits per heavy atom. The predicted octanol–water partition coefficient (Wildman–Crippen LogP) is 0.203. The number of guanidine groups is 1. The van der Waals surface area contributed by atoms with E-state index < -0.39 is 36.0 Å². The van der Waals surface area contributed by atoms with E-state index in [1.165, 1.54) is 0 Å². The zero-order valence-electron chi connectivity index (χ0n) is 19.6. The maximum atomic E-state index is 13.2. The van der Waals surface area contributed by atoms with E-state index in [-0.39, 0.29) is 12.4 Å². The lowest BCUT2D eigenvalue weighted by atomic mass is 10.0. The molecule has 0 radical (unpaired) electrons. The van der Waals surface area contributed by atoms with Gasteiger partial charge in [-0.05, 0) is 37.3 Å². The average molecular weight is 469 g/mol. The van der Waals surface area contributed by atoms with Crippen LogP contribution in [0.1, 0.15) is 30.9 Å². The molecule has 2 amide bonds. The molecule has 0 fully saturated rings. The minimum absolute atomic E-state index is 0.00453. The molecule has 2 rings (SSSR count). The number of aliphatic imine (C=N–C) groups is 1. The van der Waals surface area contributed by atoms with Gasteiger partial charge in [-0.25, -0.2) is 0 Å². The van der Waals surface area contributed by atoms with Crippen LogP contribution >= 0.6 is 0 Å². The first-order valence-corrected chi connectivity index (χ1v) is 11.4. The number of benzene rings is 2. The number of nitrogens with zero attached hydrogens (tertiary/aromatic N) is 1. The van der Waals surface area contributed by atoms with Crippen molar-refractivity contribution in [2.24, 2.45) is 22.2 Å². The molecule has 184 valence electrons. The molecule has 0 aliphatic rings. The summed E-state index contributed by atoms with van der Waals surface area (Å²) in [6, 6.07) is 16.7. The molecule has 34 heavy (non-hydrogen) atoms. The summed E-state index contributed by atoms with van der Waals surface area (Å²) in [5.74, 6) is -0.812. The number of carbonyl (C=O) groups excluding carboxylic acids is 2. The Morgan fingerprint density at radius 1 is 0.912 bits per heavy atom. The number of amides is 2. The molecular formula is C25H36N6O3. The van der Waals surface area contributed by atoms with E-state index in [4.69, 9.17) is 17.2 Å². The van der Waals surface area contributed by atoms with Crippen LogP contribution in [0.25, 0.3) is 0 Å². The van der Waals surface area contributed by atoms with E-state index in [0.717, 1.165) is 11.1 Å². The number of nitrogens with one attached hydrogen (secondary N) is 2. The van der Waals surface area contributed by atoms with Crippen molar-refractivity contribution in [3.05, 3.63) is 71.8 Å². The first-order valence-electron chi connectivity index (χ1n) is 11.4. The Kier molecular flexibility index (Phi) is 11.0. The Balaban J connectivity index is 2.07. The standard InChI is InChI=1S/C25H36N6O3/c1-17(32)21(13-8-14-29-25(27)28)30-24(34)22(16-19-11-6-3-7-12-19)31-23(33)20(26)15-18-9-4-2-5-10-18/h2-7,9-12,17,20-22,32H,8,13-16,26H2,1H3,(H,30,34)(H,31,33)(H4,27,28,29)/t17-,20-,21+,22+/m1/s1. The minimum Gasteiger partial charge on any atom is -0.391 e. The van der Waals surface area contributed by atoms with Crippen LogP contribution in [0.5, 0.6) is 0 Å². The maximum Gasteiger partial charge on any atom is 0.243 e. The van der Waals surface area contributed by atoms with Crippen molar-refractivity contribution in [2.45, 2.75) is 56.8 Å². The molecule has 0 aliphatic carbocycles. The third-order valence-corrected chi connectivity index (χ3v) is 5.43. The van der Waals surface area contributed by atoms with Crippen molar-refractivity contribution in [1.82, 2.24) is 10.6 Å². The zero-order valence-corrected chi connectivity index (χ0v) is 19.6. The van der Waals surface area contributed by atoms with E-state index in [0.29, 0.717) is 25.8 Å². The Labute approximate surface area is 200 Å². The highest BCUT2D eigenvalue weighted by molar-refractivity contribution is 5.90. The van der Waals surface area contributed by atoms with Crippen LogP contribution in [0.2, 0.25) is 0 Å². The van der Waals surface area contributed by atoms with Gasteiger partial charge in [0.05, 0.1) is 18.2 Å². The van der Waals surface area contributed by atoms with E-state index in [9.17, 15) is 14.7 Å². The number of carbonyl (C=O) groups is 2. The van der Waals surface area contributed by atoms with Gasteiger partial charge in [0.25, 0.3) is 0 Å². The van der Waals surface area contributed by atoms with Gasteiger partial charge < -0.3 is 32.9 Å². The third kappa shape index (κ3) is 9.60. The van der Waals surface area contributed by atoms with Crippen molar-refractivity contribution in [3.63, 3.8) is 0 Å². The monoisotopic (exact) mass is 468 g/mol. The molecule has 9 heteroatoms. The summed E-state index contributed by atoms with van der Waals surface area (Å²) in [6.45, 7) is 1.99. The molecule has 9 N–H and O–H groups in total. The van der Waals surface area contributed by atoms with Crippen LogP contribution in [-0.2, 0) is 22.4 Å². The summed E-state index contributed by atoms with van der Waals surface area (Å²) in [6.07, 6.45) is 0.895. The summed E-state index contributed by atoms with van der Waals surface area (Å²) in [7, 11) is 0. The quantitative estimate of drug-likeness (QED) is 0.139. The Bertz CT molecular complexity index is 917. The minimum atomic E-state index is -0.851. The van der Waals surface area contributed by atoms with E-state index >= 15 is 0 Å². The number of aliphatic hydroxyl groups excluding tert-OH is 1. The smallest absolute Gasteiger partial charge is 0.243 e. The summed E-state index contributed by atoms with van der Waals surface area (Å²) < 4.78 is 0. The van der Waals surface area contributed by atoms with Crippen LogP contribution in [0.15, 0.2) is 65.7 Å². The highest BCUT2D eigenvalue weighted by atomic mass is 16.3. The molecule has 0 saturated carbocycles. The van der Waals surface area contributed by atoms with Crippen LogP contribution in [0.3, 0.4) is 0 Å². The number of nitrogens with two attached hydrogens (primary N) is 3. The predicted molar refractivity (Wildman–Crippen MR) is 134 cm³/mol. The molecule has 0 saturated heterocycles. The van der Waals surface area contributed by atoms with Crippen molar-refractivity contribution < 1.29 is 14.7 Å². The summed E-state index contributed by atoms with van der Waals surface area (Å²) >= 11 is 0. The van der Waals surface area contributed by atoms with Crippen molar-refractivity contribution in [1.29, 1.82) is 0 Å². The van der Waals surface area contributed by atoms with E-state index in [1.54, 1.807) is 6.92 Å². The molecule has 0 aromatic heterocycles. The largest absolute Gasteiger partial charge is 0.391 e. The lowest BCUT2D eigenvalue weighted by Gasteiger charge is -2.26. The molecular weight excluding hydrogens is 432 g/mol. The van der Waals surface area contributed by atoms with Crippen molar-refractivity contribution in [3.8, 4) is 0 Å². The SMILES string of the molecule is C[C@@H](O)[C@H](CCCN=C(N)N)NC(=O)[C@H](Cc1ccccc1)NC(=O)[C@H](N)Cc1ccccc1. The first kappa shape index (κ1) is 26.8. The molecule has 0 bridgehead atoms. The fraction of sp³-hybridized carbons (Fsp3) is 0.400. The average Bonchev–Trinajstić information content (AvgIpc) is 2.81. The fourth-order valence-electron chi connectivity index (χ4n) is 3.54. The Morgan fingerprint density at radius 2 is 1.47 bits per heavy atom. The molecule has 0 aliphatic heterocycles. The van der Waals surface area contributed by atoms with Crippen LogP contribution < -0.4 is 27.8 Å². The molecule has 4 atom stereocenters. The number of rotatable bonds is 13. The highest BCUT2D eigenvalue weighted by Crippen LogP contribution is 2.08. The molecule has 0 heterocycles. The van der Waals surface area contributed by atoms with Gasteiger partial charge >= 0.3 is 0 Å². The molecule has 0 unspecified atom stereocenters. The second-order valence-electron chi connectivity index (χ2n) is 8.35. The van der Waals surface area contributed by atoms with Gasteiger partial charge in [0.1, 0.15) is 6.04 Å². The molecule has 9 nitrogen and oxygen atoms in total. The van der Waals surface area contributed by atoms with E-state index in [2.05, 4.69) is 15.6 Å². The van der Waals surface area contributed by atoms with Gasteiger partial charge in [-0.1, -0.05) is 60.7 Å². The van der Waals surface area contributed by atoms with Gasteiger partial charge in [-0.2, -0.15) is 0 Å². The number of hydrogen-bond donors (Lipinski definition) is 6. The second-order valence-corrected chi connectivity index (χ2v) is 8.35. The van der Waals surface area contributed by atoms with Crippen LogP contribution in [0.4, 0.5) is 0 Å². The topological polar surface area (TPSA) is 169 Å². The normalized spacial score (nSPS) is 14.3. The van der Waals surface area contributed by atoms with Crippen LogP contribution in [0, 0.1) is 0 Å². The van der Waals surface area contributed by atoms with E-state index in [1.807, 2.05) is 60.7 Å². The highest BCUT2D eigenvalue weighted by Gasteiger charge is 2.27. The van der Waals surface area contributed by atoms with Gasteiger partial charge in [0.2, 0.25) is 11.8 Å². The lowest BCUT2D eigenvalue weighted by molar-refractivity contribution is -0.130. The Hall–Kier alpha value is -3.43. The maximum absolute atomic E-state index is 13.2. The van der Waals surface area contributed by atoms with Gasteiger partial charge in [0.15, 0.2) is 5.96 Å². The first-order chi connectivity index (χ1) is 16.3.